The molecule has 0 spiro atoms. The van der Waals surface area contributed by atoms with Crippen LogP contribution in [-0.4, -0.2) is 56.5 Å². The molecular formula is C31H42N4O4. The molecule has 6 rings (SSSR count). The fraction of sp³-hybridized carbons (Fsp3) is 0.677. The molecule has 3 unspecified atom stereocenters. The highest BCUT2D eigenvalue weighted by Gasteiger charge is 2.46. The summed E-state index contributed by atoms with van der Waals surface area (Å²) in [6, 6.07) is 9.59. The van der Waals surface area contributed by atoms with Gasteiger partial charge in [-0.1, -0.05) is 30.6 Å². The molecule has 39 heavy (non-hydrogen) atoms. The van der Waals surface area contributed by atoms with E-state index in [4.69, 9.17) is 4.84 Å². The molecule has 7 atom stereocenters. The van der Waals surface area contributed by atoms with E-state index >= 15 is 0 Å². The van der Waals surface area contributed by atoms with Gasteiger partial charge in [-0.2, -0.15) is 0 Å². The molecule has 2 aliphatic carbocycles. The lowest BCUT2D eigenvalue weighted by atomic mass is 9.65. The van der Waals surface area contributed by atoms with Crippen molar-refractivity contribution >= 4 is 22.7 Å². The zero-order valence-electron chi connectivity index (χ0n) is 23.3. The summed E-state index contributed by atoms with van der Waals surface area (Å²) >= 11 is 0. The number of carboxylic acid groups (broad SMARTS) is 1. The number of carbonyl (C=O) groups is 1. The first-order valence-corrected chi connectivity index (χ1v) is 15.0. The summed E-state index contributed by atoms with van der Waals surface area (Å²) in [4.78, 5) is 38.0. The second kappa shape index (κ2) is 11.0. The largest absolute Gasteiger partial charge is 0.481 e. The third-order valence-electron chi connectivity index (χ3n) is 9.99. The van der Waals surface area contributed by atoms with Crippen molar-refractivity contribution in [1.82, 2.24) is 14.5 Å². The van der Waals surface area contributed by atoms with Crippen molar-refractivity contribution in [3.8, 4) is 0 Å². The number of nitrogens with zero attached hydrogens (tertiary/aromatic N) is 4. The summed E-state index contributed by atoms with van der Waals surface area (Å²) in [7, 11) is 1.41. The van der Waals surface area contributed by atoms with E-state index in [1.807, 2.05) is 28.8 Å². The quantitative estimate of drug-likeness (QED) is 0.378. The number of oxime groups is 1. The van der Waals surface area contributed by atoms with Gasteiger partial charge in [0.25, 0.3) is 5.56 Å². The maximum Gasteiger partial charge on any atom is 0.303 e. The molecule has 210 valence electrons. The number of rotatable bonds is 7. The third-order valence-corrected chi connectivity index (χ3v) is 9.99. The van der Waals surface area contributed by atoms with Gasteiger partial charge in [0.05, 0.1) is 17.5 Å². The number of benzene rings is 1. The molecule has 8 nitrogen and oxygen atoms in total. The number of carboxylic acids is 1. The van der Waals surface area contributed by atoms with Crippen molar-refractivity contribution in [2.75, 3.05) is 7.11 Å². The van der Waals surface area contributed by atoms with Gasteiger partial charge < -0.3 is 14.5 Å². The molecule has 1 N–H and O–H groups in total. The highest BCUT2D eigenvalue weighted by atomic mass is 16.6. The molecule has 1 aromatic carbocycles. The van der Waals surface area contributed by atoms with E-state index in [1.54, 1.807) is 0 Å². The zero-order chi connectivity index (χ0) is 27.1. The molecule has 0 amide bonds. The highest BCUT2D eigenvalue weighted by Crippen LogP contribution is 2.48. The van der Waals surface area contributed by atoms with Gasteiger partial charge in [-0.15, -0.1) is 0 Å². The Kier molecular flexibility index (Phi) is 7.49. The van der Waals surface area contributed by atoms with Crippen molar-refractivity contribution in [1.29, 1.82) is 0 Å². The molecule has 2 saturated carbocycles. The molecular weight excluding hydrogens is 492 g/mol. The number of para-hydroxylation sites is 2. The Morgan fingerprint density at radius 3 is 2.33 bits per heavy atom. The third kappa shape index (κ3) is 5.24. The Hall–Kier alpha value is -2.74. The van der Waals surface area contributed by atoms with Crippen LogP contribution >= 0.6 is 0 Å². The Morgan fingerprint density at radius 2 is 1.67 bits per heavy atom. The number of hydrogen-bond donors (Lipinski definition) is 1. The van der Waals surface area contributed by atoms with Gasteiger partial charge in [0.2, 0.25) is 0 Å². The van der Waals surface area contributed by atoms with E-state index in [2.05, 4.69) is 22.0 Å². The molecule has 8 heteroatoms. The summed E-state index contributed by atoms with van der Waals surface area (Å²) in [5.41, 5.74) is 1.89. The van der Waals surface area contributed by atoms with E-state index < -0.39 is 5.97 Å². The Labute approximate surface area is 230 Å². The van der Waals surface area contributed by atoms with Gasteiger partial charge >= 0.3 is 5.97 Å². The molecule has 2 aromatic rings. The maximum absolute atomic E-state index is 14.1. The second-order valence-corrected chi connectivity index (χ2v) is 12.7. The molecule has 4 fully saturated rings. The van der Waals surface area contributed by atoms with Crippen molar-refractivity contribution in [3.05, 3.63) is 40.3 Å². The van der Waals surface area contributed by atoms with Gasteiger partial charge in [0.1, 0.15) is 12.8 Å². The summed E-state index contributed by atoms with van der Waals surface area (Å²) in [6.07, 6.45) is 12.5. The van der Waals surface area contributed by atoms with Crippen LogP contribution < -0.4 is 5.56 Å². The topological polar surface area (TPSA) is 97.0 Å². The van der Waals surface area contributed by atoms with Crippen LogP contribution in [0, 0.1) is 17.8 Å². The lowest BCUT2D eigenvalue weighted by Crippen LogP contribution is -2.59. The molecule has 4 aliphatic rings. The van der Waals surface area contributed by atoms with Gasteiger partial charge in [-0.25, -0.2) is 4.98 Å². The minimum absolute atomic E-state index is 0.0853. The van der Waals surface area contributed by atoms with Crippen LogP contribution in [0.3, 0.4) is 0 Å². The number of aromatic nitrogens is 2. The predicted molar refractivity (Wildman–Crippen MR) is 151 cm³/mol. The Bertz CT molecular complexity index is 1270. The first-order valence-electron chi connectivity index (χ1n) is 15.0. The monoisotopic (exact) mass is 534 g/mol. The van der Waals surface area contributed by atoms with Gasteiger partial charge in [0, 0.05) is 30.6 Å². The van der Waals surface area contributed by atoms with Crippen molar-refractivity contribution in [2.45, 2.75) is 108 Å². The van der Waals surface area contributed by atoms with Gasteiger partial charge in [0.15, 0.2) is 5.69 Å². The van der Waals surface area contributed by atoms with Crippen LogP contribution in [0.4, 0.5) is 0 Å². The molecule has 2 saturated heterocycles. The molecule has 3 heterocycles. The second-order valence-electron chi connectivity index (χ2n) is 12.7. The minimum atomic E-state index is -0.943. The predicted octanol–water partition coefficient (Wildman–Crippen LogP) is 5.38. The molecule has 1 aromatic heterocycles. The fourth-order valence-electron chi connectivity index (χ4n) is 8.84. The number of piperidine rings is 2. The molecule has 4 bridgehead atoms. The van der Waals surface area contributed by atoms with Crippen LogP contribution in [0.15, 0.2) is 34.2 Å². The Morgan fingerprint density at radius 1 is 0.974 bits per heavy atom. The smallest absolute Gasteiger partial charge is 0.303 e. The van der Waals surface area contributed by atoms with Crippen molar-refractivity contribution in [3.63, 3.8) is 0 Å². The number of fused-ring (bicyclic) bond motifs is 5. The average Bonchev–Trinajstić information content (AvgIpc) is 2.89. The standard InChI is InChI=1S/C31H42N4O4/c1-19-12-20-14-21(13-19)16-24(15-20)34-22-6-5-7-23(34)18-25(17-22)35-28-9-4-3-8-26(28)32-30(31(35)38)27(33-39-2)10-11-29(36)37/h3-4,8-9,19-25H,5-7,10-18H2,1-2H3,(H,36,37)/t19?,20-,21+,22-,23+,24?,25?. The van der Waals surface area contributed by atoms with Crippen LogP contribution in [0.1, 0.15) is 95.7 Å². The van der Waals surface area contributed by atoms with Gasteiger partial charge in [-0.05, 0) is 87.7 Å². The van der Waals surface area contributed by atoms with Gasteiger partial charge in [-0.3, -0.25) is 14.5 Å². The van der Waals surface area contributed by atoms with E-state index in [1.165, 1.54) is 58.5 Å². The maximum atomic E-state index is 14.1. The number of hydrogen-bond acceptors (Lipinski definition) is 6. The van der Waals surface area contributed by atoms with Crippen molar-refractivity contribution in [2.24, 2.45) is 22.9 Å². The molecule has 2 aliphatic heterocycles. The average molecular weight is 535 g/mol. The zero-order valence-corrected chi connectivity index (χ0v) is 23.3. The van der Waals surface area contributed by atoms with Crippen LogP contribution in [0.25, 0.3) is 11.0 Å². The van der Waals surface area contributed by atoms with Crippen LogP contribution in [0.5, 0.6) is 0 Å². The van der Waals surface area contributed by atoms with E-state index in [-0.39, 0.29) is 30.1 Å². The van der Waals surface area contributed by atoms with E-state index in [0.29, 0.717) is 23.8 Å². The summed E-state index contributed by atoms with van der Waals surface area (Å²) in [5.74, 6) is 1.70. The van der Waals surface area contributed by atoms with Crippen LogP contribution in [-0.2, 0) is 9.63 Å². The lowest BCUT2D eigenvalue weighted by molar-refractivity contribution is -0.136. The lowest BCUT2D eigenvalue weighted by Gasteiger charge is -2.55. The highest BCUT2D eigenvalue weighted by molar-refractivity contribution is 6.00. The van der Waals surface area contributed by atoms with E-state index in [0.717, 1.165) is 41.6 Å². The van der Waals surface area contributed by atoms with Crippen molar-refractivity contribution < 1.29 is 14.7 Å². The Balaban J connectivity index is 1.33. The minimum Gasteiger partial charge on any atom is -0.481 e. The fourth-order valence-corrected chi connectivity index (χ4v) is 8.84. The summed E-state index contributed by atoms with van der Waals surface area (Å²) < 4.78 is 1.96. The first-order chi connectivity index (χ1) is 18.9. The van der Waals surface area contributed by atoms with Crippen LogP contribution in [0.2, 0.25) is 0 Å². The molecule has 0 radical (unpaired) electrons. The first kappa shape index (κ1) is 26.5. The summed E-state index contributed by atoms with van der Waals surface area (Å²) in [6.45, 7) is 2.44. The van der Waals surface area contributed by atoms with E-state index in [9.17, 15) is 14.7 Å². The SMILES string of the molecule is CON=C(CCC(=O)O)c1nc2ccccc2n(C2C[C@H]3CCC[C@@H](C2)N3C2C[C@H]3CC(C)C[C@@H](C2)C3)c1=O. The summed E-state index contributed by atoms with van der Waals surface area (Å²) in [5, 5.41) is 13.3. The number of aliphatic carboxylic acids is 1. The normalized spacial score (nSPS) is 33.2.